The Hall–Kier alpha value is -3.20. The van der Waals surface area contributed by atoms with E-state index in [1.54, 1.807) is 0 Å². The molecule has 0 N–H and O–H groups in total. The molecule has 4 rings (SSSR count). The smallest absolute Gasteiger partial charge is 0.135 e. The van der Waals surface area contributed by atoms with Crippen LogP contribution in [0, 0.1) is 11.8 Å². The number of hydrogen-bond acceptors (Lipinski definition) is 3. The fraction of sp³-hybridized carbons (Fsp3) is 0.333. The molecule has 33 heavy (non-hydrogen) atoms. The lowest BCUT2D eigenvalue weighted by molar-refractivity contribution is 0.291. The summed E-state index contributed by atoms with van der Waals surface area (Å²) in [6, 6.07) is 24.4. The van der Waals surface area contributed by atoms with Gasteiger partial charge >= 0.3 is 0 Å². The minimum absolute atomic E-state index is 0.582. The fourth-order valence-electron chi connectivity index (χ4n) is 3.87. The number of fused-ring (bicyclic) bond motifs is 2. The van der Waals surface area contributed by atoms with Gasteiger partial charge in [0.2, 0.25) is 0 Å². The van der Waals surface area contributed by atoms with Crippen LogP contribution < -0.4 is 14.2 Å². The first-order valence-electron chi connectivity index (χ1n) is 12.0. The quantitative estimate of drug-likeness (QED) is 0.230. The van der Waals surface area contributed by atoms with Crippen molar-refractivity contribution in [2.45, 2.75) is 40.5 Å². The maximum atomic E-state index is 6.44. The molecule has 0 fully saturated rings. The largest absolute Gasteiger partial charge is 0.492 e. The van der Waals surface area contributed by atoms with E-state index in [-0.39, 0.29) is 0 Å². The van der Waals surface area contributed by atoms with E-state index < -0.39 is 0 Å². The third kappa shape index (κ3) is 5.60. The summed E-state index contributed by atoms with van der Waals surface area (Å²) in [4.78, 5) is 0. The van der Waals surface area contributed by atoms with Crippen molar-refractivity contribution in [2.75, 3.05) is 13.2 Å². The summed E-state index contributed by atoms with van der Waals surface area (Å²) in [7, 11) is 0. The second kappa shape index (κ2) is 10.6. The predicted octanol–water partition coefficient (Wildman–Crippen LogP) is 8.64. The van der Waals surface area contributed by atoms with Crippen molar-refractivity contribution in [1.29, 1.82) is 0 Å². The Kier molecular flexibility index (Phi) is 7.39. The highest BCUT2D eigenvalue weighted by molar-refractivity contribution is 6.11. The minimum Gasteiger partial charge on any atom is -0.492 e. The molecule has 0 aromatic heterocycles. The van der Waals surface area contributed by atoms with Gasteiger partial charge in [-0.05, 0) is 55.0 Å². The van der Waals surface area contributed by atoms with Crippen LogP contribution in [0.4, 0.5) is 0 Å². The fourth-order valence-corrected chi connectivity index (χ4v) is 3.87. The molecule has 0 aliphatic rings. The number of rotatable bonds is 10. The van der Waals surface area contributed by atoms with E-state index in [4.69, 9.17) is 14.2 Å². The Labute approximate surface area is 197 Å². The van der Waals surface area contributed by atoms with Crippen molar-refractivity contribution in [2.24, 2.45) is 11.8 Å². The van der Waals surface area contributed by atoms with Crippen LogP contribution in [-0.2, 0) is 0 Å². The highest BCUT2D eigenvalue weighted by atomic mass is 16.5. The zero-order valence-electron chi connectivity index (χ0n) is 20.1. The topological polar surface area (TPSA) is 27.7 Å². The average Bonchev–Trinajstić information content (AvgIpc) is 2.80. The molecule has 4 aromatic rings. The first-order valence-corrected chi connectivity index (χ1v) is 12.0. The van der Waals surface area contributed by atoms with Gasteiger partial charge in [-0.15, -0.1) is 0 Å². The summed E-state index contributed by atoms with van der Waals surface area (Å²) in [5, 5.41) is 4.23. The van der Waals surface area contributed by atoms with Gasteiger partial charge in [0.1, 0.15) is 23.0 Å². The standard InChI is InChI=1S/C30H34O3/c1-21(2)16-18-31-29-25-12-8-9-13-26(25)30(32-19-17-22(3)4)28-20-24(14-15-27(28)29)33-23-10-6-5-7-11-23/h5-15,20-22H,16-19H2,1-4H3. The molecule has 0 saturated heterocycles. The number of benzene rings is 4. The van der Waals surface area contributed by atoms with Crippen LogP contribution in [0.3, 0.4) is 0 Å². The normalized spacial score (nSPS) is 11.5. The summed E-state index contributed by atoms with van der Waals surface area (Å²) < 4.78 is 19.0. The molecule has 3 nitrogen and oxygen atoms in total. The van der Waals surface area contributed by atoms with E-state index >= 15 is 0 Å². The molecule has 0 heterocycles. The summed E-state index contributed by atoms with van der Waals surface area (Å²) in [5.41, 5.74) is 0. The van der Waals surface area contributed by atoms with Crippen LogP contribution in [0.2, 0.25) is 0 Å². The van der Waals surface area contributed by atoms with Crippen molar-refractivity contribution in [3.05, 3.63) is 72.8 Å². The van der Waals surface area contributed by atoms with Gasteiger partial charge in [0, 0.05) is 21.5 Å². The first-order chi connectivity index (χ1) is 16.0. The van der Waals surface area contributed by atoms with Gasteiger partial charge in [-0.3, -0.25) is 0 Å². The van der Waals surface area contributed by atoms with Gasteiger partial charge < -0.3 is 14.2 Å². The third-order valence-electron chi connectivity index (χ3n) is 5.76. The van der Waals surface area contributed by atoms with Gasteiger partial charge in [0.15, 0.2) is 0 Å². The van der Waals surface area contributed by atoms with E-state index in [9.17, 15) is 0 Å². The van der Waals surface area contributed by atoms with Crippen LogP contribution in [0.15, 0.2) is 72.8 Å². The summed E-state index contributed by atoms with van der Waals surface area (Å²) in [5.74, 6) is 4.59. The average molecular weight is 443 g/mol. The minimum atomic E-state index is 0.582. The van der Waals surface area contributed by atoms with Crippen LogP contribution in [0.25, 0.3) is 21.5 Å². The zero-order chi connectivity index (χ0) is 23.2. The van der Waals surface area contributed by atoms with Gasteiger partial charge in [-0.1, -0.05) is 70.2 Å². The highest BCUT2D eigenvalue weighted by Gasteiger charge is 2.17. The molecule has 172 valence electrons. The van der Waals surface area contributed by atoms with Crippen LogP contribution in [0.1, 0.15) is 40.5 Å². The van der Waals surface area contributed by atoms with Gasteiger partial charge in [0.25, 0.3) is 0 Å². The van der Waals surface area contributed by atoms with Crippen molar-refractivity contribution in [3.63, 3.8) is 0 Å². The monoisotopic (exact) mass is 442 g/mol. The number of ether oxygens (including phenoxy) is 3. The van der Waals surface area contributed by atoms with Crippen molar-refractivity contribution in [1.82, 2.24) is 0 Å². The Morgan fingerprint density at radius 3 is 1.64 bits per heavy atom. The SMILES string of the molecule is CC(C)CCOc1c2ccccc2c(OCCC(C)C)c2cc(Oc3ccccc3)ccc12. The van der Waals surface area contributed by atoms with Gasteiger partial charge in [-0.2, -0.15) is 0 Å². The summed E-state index contributed by atoms with van der Waals surface area (Å²) in [6.07, 6.45) is 2.01. The molecule has 0 radical (unpaired) electrons. The van der Waals surface area contributed by atoms with Crippen molar-refractivity contribution >= 4 is 21.5 Å². The highest BCUT2D eigenvalue weighted by Crippen LogP contribution is 2.44. The lowest BCUT2D eigenvalue weighted by Gasteiger charge is -2.19. The van der Waals surface area contributed by atoms with E-state index in [0.29, 0.717) is 25.0 Å². The van der Waals surface area contributed by atoms with Crippen LogP contribution in [-0.4, -0.2) is 13.2 Å². The second-order valence-electron chi connectivity index (χ2n) is 9.39. The molecule has 3 heteroatoms. The second-order valence-corrected chi connectivity index (χ2v) is 9.39. The Balaban J connectivity index is 1.83. The predicted molar refractivity (Wildman–Crippen MR) is 138 cm³/mol. The van der Waals surface area contributed by atoms with Crippen molar-refractivity contribution < 1.29 is 14.2 Å². The van der Waals surface area contributed by atoms with E-state index in [1.165, 1.54) is 0 Å². The molecule has 4 aromatic carbocycles. The van der Waals surface area contributed by atoms with E-state index in [0.717, 1.165) is 57.4 Å². The lowest BCUT2D eigenvalue weighted by Crippen LogP contribution is -2.05. The Morgan fingerprint density at radius 2 is 1.06 bits per heavy atom. The molecule has 0 aliphatic carbocycles. The van der Waals surface area contributed by atoms with Crippen molar-refractivity contribution in [3.8, 4) is 23.0 Å². The summed E-state index contributed by atoms with van der Waals surface area (Å²) >= 11 is 0. The van der Waals surface area contributed by atoms with Gasteiger partial charge in [-0.25, -0.2) is 0 Å². The lowest BCUT2D eigenvalue weighted by atomic mass is 10.00. The third-order valence-corrected chi connectivity index (χ3v) is 5.76. The Bertz CT molecular complexity index is 1200. The molecule has 0 amide bonds. The molecule has 0 spiro atoms. The maximum Gasteiger partial charge on any atom is 0.135 e. The molecule has 0 saturated carbocycles. The molecule has 0 aliphatic heterocycles. The summed E-state index contributed by atoms with van der Waals surface area (Å²) in [6.45, 7) is 10.2. The maximum absolute atomic E-state index is 6.44. The molecule has 0 unspecified atom stereocenters. The molecular formula is C30H34O3. The number of para-hydroxylation sites is 1. The Morgan fingerprint density at radius 1 is 0.545 bits per heavy atom. The zero-order valence-corrected chi connectivity index (χ0v) is 20.1. The van der Waals surface area contributed by atoms with E-state index in [1.807, 2.05) is 36.4 Å². The first kappa shape index (κ1) is 23.0. The molecule has 0 atom stereocenters. The van der Waals surface area contributed by atoms with E-state index in [2.05, 4.69) is 64.1 Å². The molecular weight excluding hydrogens is 408 g/mol. The molecule has 0 bridgehead atoms. The number of hydrogen-bond donors (Lipinski definition) is 0. The van der Waals surface area contributed by atoms with Gasteiger partial charge in [0.05, 0.1) is 13.2 Å². The van der Waals surface area contributed by atoms with Crippen LogP contribution >= 0.6 is 0 Å². The van der Waals surface area contributed by atoms with Crippen LogP contribution in [0.5, 0.6) is 23.0 Å².